The van der Waals surface area contributed by atoms with Crippen LogP contribution < -0.4 is 10.0 Å². The van der Waals surface area contributed by atoms with Crippen molar-refractivity contribution >= 4 is 27.3 Å². The second-order valence-corrected chi connectivity index (χ2v) is 8.33. The van der Waals surface area contributed by atoms with Crippen molar-refractivity contribution in [3.05, 3.63) is 59.2 Å². The summed E-state index contributed by atoms with van der Waals surface area (Å²) in [6.07, 6.45) is -4.73. The summed E-state index contributed by atoms with van der Waals surface area (Å²) in [5.74, 6) is 0. The van der Waals surface area contributed by atoms with Crippen molar-refractivity contribution in [2.75, 3.05) is 19.0 Å². The van der Waals surface area contributed by atoms with E-state index in [-0.39, 0.29) is 16.3 Å². The largest absolute Gasteiger partial charge is 0.435 e. The summed E-state index contributed by atoms with van der Waals surface area (Å²) in [7, 11) is -0.662. The van der Waals surface area contributed by atoms with Crippen molar-refractivity contribution in [3.8, 4) is 16.9 Å². The predicted octanol–water partition coefficient (Wildman–Crippen LogP) is 3.92. The van der Waals surface area contributed by atoms with Crippen LogP contribution in [0.4, 0.5) is 18.9 Å². The number of hydrogen-bond acceptors (Lipinski definition) is 4. The van der Waals surface area contributed by atoms with Gasteiger partial charge in [0.2, 0.25) is 10.0 Å². The first-order chi connectivity index (χ1) is 13.4. The Morgan fingerprint density at radius 3 is 2.31 bits per heavy atom. The molecule has 3 rings (SSSR count). The van der Waals surface area contributed by atoms with E-state index in [9.17, 15) is 21.6 Å². The Morgan fingerprint density at radius 2 is 1.76 bits per heavy atom. The van der Waals surface area contributed by atoms with Gasteiger partial charge in [-0.1, -0.05) is 29.8 Å². The molecule has 0 aliphatic carbocycles. The highest BCUT2D eigenvalue weighted by atomic mass is 35.5. The minimum atomic E-state index is -4.73. The van der Waals surface area contributed by atoms with E-state index in [1.807, 2.05) is 0 Å². The third kappa shape index (κ3) is 4.24. The zero-order valence-electron chi connectivity index (χ0n) is 15.3. The van der Waals surface area contributed by atoms with Gasteiger partial charge in [0.15, 0.2) is 5.69 Å². The fourth-order valence-electron chi connectivity index (χ4n) is 2.81. The van der Waals surface area contributed by atoms with E-state index in [1.54, 1.807) is 31.1 Å². The van der Waals surface area contributed by atoms with Gasteiger partial charge in [-0.15, -0.1) is 0 Å². The maximum absolute atomic E-state index is 13.3. The molecule has 1 heterocycles. The molecule has 2 N–H and O–H groups in total. The zero-order chi connectivity index (χ0) is 21.6. The van der Waals surface area contributed by atoms with Crippen LogP contribution in [0, 0.1) is 0 Å². The number of alkyl halides is 3. The molecule has 0 radical (unpaired) electrons. The standard InChI is InChI=1S/C18H16ClF3N4O2S/c1-25(2)13-8-7-11(9-12(13)19)15-10-17(18(20,21)22)24-26(15)14-5-3-4-6-16(14)29(23,27)28/h3-10H,1-2H3,(H2,23,27,28). The molecule has 154 valence electrons. The smallest absolute Gasteiger partial charge is 0.376 e. The summed E-state index contributed by atoms with van der Waals surface area (Å²) in [5, 5.41) is 9.16. The van der Waals surface area contributed by atoms with Crippen LogP contribution in [0.1, 0.15) is 5.69 Å². The molecule has 0 spiro atoms. The Kier molecular flexibility index (Phi) is 5.37. The minimum Gasteiger partial charge on any atom is -0.376 e. The predicted molar refractivity (Wildman–Crippen MR) is 105 cm³/mol. The molecule has 0 bridgehead atoms. The summed E-state index contributed by atoms with van der Waals surface area (Å²) in [4.78, 5) is 1.40. The average molecular weight is 445 g/mol. The fraction of sp³-hybridized carbons (Fsp3) is 0.167. The van der Waals surface area contributed by atoms with E-state index < -0.39 is 21.9 Å². The Balaban J connectivity index is 2.30. The van der Waals surface area contributed by atoms with Gasteiger partial charge in [-0.25, -0.2) is 18.2 Å². The van der Waals surface area contributed by atoms with Crippen LogP contribution in [0.2, 0.25) is 5.02 Å². The molecular weight excluding hydrogens is 429 g/mol. The second kappa shape index (κ2) is 7.36. The van der Waals surface area contributed by atoms with E-state index in [2.05, 4.69) is 5.10 Å². The van der Waals surface area contributed by atoms with Crippen LogP contribution in [0.25, 0.3) is 16.9 Å². The molecule has 0 saturated carbocycles. The zero-order valence-corrected chi connectivity index (χ0v) is 16.8. The van der Waals surface area contributed by atoms with Crippen LogP contribution in [0.5, 0.6) is 0 Å². The molecule has 0 fully saturated rings. The van der Waals surface area contributed by atoms with Gasteiger partial charge in [0, 0.05) is 19.7 Å². The Bertz CT molecular complexity index is 1170. The molecule has 29 heavy (non-hydrogen) atoms. The molecule has 1 aromatic heterocycles. The monoisotopic (exact) mass is 444 g/mol. The van der Waals surface area contributed by atoms with Crippen molar-refractivity contribution < 1.29 is 21.6 Å². The van der Waals surface area contributed by atoms with Gasteiger partial charge in [-0.05, 0) is 30.3 Å². The molecule has 2 aromatic carbocycles. The lowest BCUT2D eigenvalue weighted by molar-refractivity contribution is -0.141. The van der Waals surface area contributed by atoms with Crippen molar-refractivity contribution in [3.63, 3.8) is 0 Å². The van der Waals surface area contributed by atoms with Crippen molar-refractivity contribution in [2.45, 2.75) is 11.1 Å². The maximum Gasteiger partial charge on any atom is 0.435 e. The van der Waals surface area contributed by atoms with E-state index in [0.29, 0.717) is 16.3 Å². The molecule has 6 nitrogen and oxygen atoms in total. The first-order valence-corrected chi connectivity index (χ1v) is 10.1. The molecule has 0 amide bonds. The van der Waals surface area contributed by atoms with Gasteiger partial charge < -0.3 is 4.90 Å². The molecular formula is C18H16ClF3N4O2S. The van der Waals surface area contributed by atoms with Crippen molar-refractivity contribution in [1.82, 2.24) is 9.78 Å². The Morgan fingerprint density at radius 1 is 1.10 bits per heavy atom. The van der Waals surface area contributed by atoms with E-state index in [0.717, 1.165) is 10.7 Å². The topological polar surface area (TPSA) is 81.2 Å². The summed E-state index contributed by atoms with van der Waals surface area (Å²) in [5.41, 5.74) is -0.270. The van der Waals surface area contributed by atoms with Crippen molar-refractivity contribution in [2.24, 2.45) is 5.14 Å². The molecule has 3 aromatic rings. The number of nitrogens with zero attached hydrogens (tertiary/aromatic N) is 3. The highest BCUT2D eigenvalue weighted by Crippen LogP contribution is 2.36. The van der Waals surface area contributed by atoms with Crippen LogP contribution >= 0.6 is 11.6 Å². The number of nitrogens with two attached hydrogens (primary N) is 1. The van der Waals surface area contributed by atoms with Crippen LogP contribution in [-0.4, -0.2) is 32.3 Å². The number of hydrogen-bond donors (Lipinski definition) is 1. The maximum atomic E-state index is 13.3. The van der Waals surface area contributed by atoms with Gasteiger partial charge in [0.05, 0.1) is 22.1 Å². The quantitative estimate of drug-likeness (QED) is 0.661. The number of aromatic nitrogens is 2. The number of halogens is 4. The highest BCUT2D eigenvalue weighted by Gasteiger charge is 2.36. The normalized spacial score (nSPS) is 12.2. The van der Waals surface area contributed by atoms with Gasteiger partial charge >= 0.3 is 6.18 Å². The Hall–Kier alpha value is -2.56. The lowest BCUT2D eigenvalue weighted by Gasteiger charge is -2.16. The number of rotatable bonds is 4. The molecule has 0 atom stereocenters. The van der Waals surface area contributed by atoms with E-state index in [1.165, 1.54) is 30.3 Å². The molecule has 0 aliphatic heterocycles. The van der Waals surface area contributed by atoms with Gasteiger partial charge in [0.25, 0.3) is 0 Å². The van der Waals surface area contributed by atoms with Gasteiger partial charge in [-0.2, -0.15) is 18.3 Å². The van der Waals surface area contributed by atoms with Crippen LogP contribution in [0.15, 0.2) is 53.4 Å². The first kappa shape index (κ1) is 21.2. The summed E-state index contributed by atoms with van der Waals surface area (Å²) >= 11 is 6.26. The second-order valence-electron chi connectivity index (χ2n) is 6.40. The number of sulfonamides is 1. The molecule has 11 heteroatoms. The number of para-hydroxylation sites is 1. The van der Waals surface area contributed by atoms with Gasteiger partial charge in [-0.3, -0.25) is 0 Å². The summed E-state index contributed by atoms with van der Waals surface area (Å²) < 4.78 is 64.8. The van der Waals surface area contributed by atoms with Crippen LogP contribution in [0.3, 0.4) is 0 Å². The highest BCUT2D eigenvalue weighted by molar-refractivity contribution is 7.89. The fourth-order valence-corrected chi connectivity index (χ4v) is 3.87. The third-order valence-electron chi connectivity index (χ3n) is 4.13. The molecule has 0 aliphatic rings. The SMILES string of the molecule is CN(C)c1ccc(-c2cc(C(F)(F)F)nn2-c2ccccc2S(N)(=O)=O)cc1Cl. The summed E-state index contributed by atoms with van der Waals surface area (Å²) in [6, 6.07) is 11.0. The van der Waals surface area contributed by atoms with E-state index in [4.69, 9.17) is 16.7 Å². The number of anilines is 1. The van der Waals surface area contributed by atoms with Gasteiger partial charge in [0.1, 0.15) is 4.90 Å². The molecule has 0 unspecified atom stereocenters. The number of benzene rings is 2. The average Bonchev–Trinajstić information content (AvgIpc) is 3.06. The minimum absolute atomic E-state index is 0.0145. The lowest BCUT2D eigenvalue weighted by atomic mass is 10.1. The lowest BCUT2D eigenvalue weighted by Crippen LogP contribution is -2.16. The first-order valence-electron chi connectivity index (χ1n) is 8.16. The van der Waals surface area contributed by atoms with Crippen LogP contribution in [-0.2, 0) is 16.2 Å². The molecule has 0 saturated heterocycles. The van der Waals surface area contributed by atoms with Crippen molar-refractivity contribution in [1.29, 1.82) is 0 Å². The Labute approximate surface area is 170 Å². The van der Waals surface area contributed by atoms with E-state index >= 15 is 0 Å². The summed E-state index contributed by atoms with van der Waals surface area (Å²) in [6.45, 7) is 0. The number of primary sulfonamides is 1. The third-order valence-corrected chi connectivity index (χ3v) is 5.39.